The van der Waals surface area contributed by atoms with Crippen molar-refractivity contribution in [1.29, 1.82) is 0 Å². The Labute approximate surface area is 93.5 Å². The van der Waals surface area contributed by atoms with E-state index in [4.69, 9.17) is 0 Å². The molecule has 2 aliphatic rings. The molecular formula is C13H25NO. The zero-order valence-corrected chi connectivity index (χ0v) is 10.2. The van der Waals surface area contributed by atoms with Crippen LogP contribution >= 0.6 is 0 Å². The quantitative estimate of drug-likeness (QED) is 0.748. The lowest BCUT2D eigenvalue weighted by Gasteiger charge is -2.36. The summed E-state index contributed by atoms with van der Waals surface area (Å²) in [5.74, 6) is 0.838. The van der Waals surface area contributed by atoms with Crippen molar-refractivity contribution in [2.24, 2.45) is 5.92 Å². The van der Waals surface area contributed by atoms with Crippen LogP contribution in [0.2, 0.25) is 0 Å². The van der Waals surface area contributed by atoms with E-state index in [1.54, 1.807) is 0 Å². The molecule has 0 heterocycles. The standard InChI is InChI=1S/C13H25NO/c1-12(2,11-6-7-11)14-10-13(15)8-4-3-5-9-13/h11,14-15H,3-10H2,1-2H3. The fourth-order valence-electron chi connectivity index (χ4n) is 2.73. The summed E-state index contributed by atoms with van der Waals surface area (Å²) >= 11 is 0. The van der Waals surface area contributed by atoms with Crippen LogP contribution in [0.1, 0.15) is 58.8 Å². The van der Waals surface area contributed by atoms with Gasteiger partial charge in [0.15, 0.2) is 0 Å². The fraction of sp³-hybridized carbons (Fsp3) is 1.00. The third-order valence-corrected chi connectivity index (χ3v) is 4.26. The van der Waals surface area contributed by atoms with E-state index in [9.17, 15) is 5.11 Å². The van der Waals surface area contributed by atoms with Crippen molar-refractivity contribution >= 4 is 0 Å². The molecule has 0 aromatic heterocycles. The van der Waals surface area contributed by atoms with Crippen LogP contribution < -0.4 is 5.32 Å². The SMILES string of the molecule is CC(C)(NCC1(O)CCCCC1)C1CC1. The molecular weight excluding hydrogens is 186 g/mol. The predicted octanol–water partition coefficient (Wildman–Crippen LogP) is 2.46. The maximum Gasteiger partial charge on any atom is 0.0771 e. The summed E-state index contributed by atoms with van der Waals surface area (Å²) in [6.45, 7) is 5.34. The molecule has 0 aromatic carbocycles. The third kappa shape index (κ3) is 2.94. The van der Waals surface area contributed by atoms with E-state index < -0.39 is 5.60 Å². The van der Waals surface area contributed by atoms with Gasteiger partial charge in [0.05, 0.1) is 5.60 Å². The van der Waals surface area contributed by atoms with Gasteiger partial charge in [-0.15, -0.1) is 0 Å². The van der Waals surface area contributed by atoms with Crippen molar-refractivity contribution < 1.29 is 5.11 Å². The second-order valence-corrected chi connectivity index (χ2v) is 6.13. The minimum absolute atomic E-state index is 0.229. The van der Waals surface area contributed by atoms with E-state index in [1.807, 2.05) is 0 Å². The van der Waals surface area contributed by atoms with Crippen LogP contribution in [0.4, 0.5) is 0 Å². The molecule has 2 fully saturated rings. The Hall–Kier alpha value is -0.0800. The summed E-state index contributed by atoms with van der Waals surface area (Å²) < 4.78 is 0. The molecule has 2 nitrogen and oxygen atoms in total. The summed E-state index contributed by atoms with van der Waals surface area (Å²) in [5.41, 5.74) is -0.183. The van der Waals surface area contributed by atoms with Crippen LogP contribution in [0, 0.1) is 5.92 Å². The van der Waals surface area contributed by atoms with Crippen molar-refractivity contribution in [2.75, 3.05) is 6.54 Å². The molecule has 0 spiro atoms. The van der Waals surface area contributed by atoms with Crippen molar-refractivity contribution in [3.8, 4) is 0 Å². The van der Waals surface area contributed by atoms with Crippen LogP contribution in [-0.2, 0) is 0 Å². The van der Waals surface area contributed by atoms with E-state index in [0.29, 0.717) is 0 Å². The van der Waals surface area contributed by atoms with Gasteiger partial charge in [0.2, 0.25) is 0 Å². The first-order valence-corrected chi connectivity index (χ1v) is 6.49. The molecule has 2 aliphatic carbocycles. The summed E-state index contributed by atoms with van der Waals surface area (Å²) in [4.78, 5) is 0. The van der Waals surface area contributed by atoms with Gasteiger partial charge in [0, 0.05) is 12.1 Å². The molecule has 2 N–H and O–H groups in total. The molecule has 15 heavy (non-hydrogen) atoms. The number of nitrogens with one attached hydrogen (secondary N) is 1. The molecule has 0 atom stereocenters. The van der Waals surface area contributed by atoms with Gasteiger partial charge in [0.1, 0.15) is 0 Å². The van der Waals surface area contributed by atoms with Crippen molar-refractivity contribution in [2.45, 2.75) is 69.9 Å². The normalized spacial score (nSPS) is 26.6. The first kappa shape index (κ1) is 11.4. The van der Waals surface area contributed by atoms with E-state index in [1.165, 1.54) is 32.1 Å². The van der Waals surface area contributed by atoms with Crippen molar-refractivity contribution in [3.63, 3.8) is 0 Å². The van der Waals surface area contributed by atoms with Crippen LogP contribution in [-0.4, -0.2) is 22.8 Å². The zero-order valence-electron chi connectivity index (χ0n) is 10.2. The maximum absolute atomic E-state index is 10.4. The van der Waals surface area contributed by atoms with Gasteiger partial charge in [-0.05, 0) is 45.4 Å². The van der Waals surface area contributed by atoms with Gasteiger partial charge in [0.25, 0.3) is 0 Å². The highest BCUT2D eigenvalue weighted by atomic mass is 16.3. The molecule has 0 saturated heterocycles. The van der Waals surface area contributed by atoms with Gasteiger partial charge in [-0.2, -0.15) is 0 Å². The van der Waals surface area contributed by atoms with E-state index in [-0.39, 0.29) is 5.54 Å². The smallest absolute Gasteiger partial charge is 0.0771 e. The van der Waals surface area contributed by atoms with Gasteiger partial charge >= 0.3 is 0 Å². The average molecular weight is 211 g/mol. The number of hydrogen-bond acceptors (Lipinski definition) is 2. The summed E-state index contributed by atoms with van der Waals surface area (Å²) in [6, 6.07) is 0. The molecule has 0 unspecified atom stereocenters. The second-order valence-electron chi connectivity index (χ2n) is 6.13. The molecule has 88 valence electrons. The lowest BCUT2D eigenvalue weighted by atomic mass is 9.84. The summed E-state index contributed by atoms with van der Waals surface area (Å²) in [5, 5.41) is 14.0. The number of hydrogen-bond donors (Lipinski definition) is 2. The molecule has 0 bridgehead atoms. The van der Waals surface area contributed by atoms with Crippen molar-refractivity contribution in [1.82, 2.24) is 5.32 Å². The van der Waals surface area contributed by atoms with Crippen LogP contribution in [0.15, 0.2) is 0 Å². The highest BCUT2D eigenvalue weighted by Crippen LogP contribution is 2.39. The third-order valence-electron chi connectivity index (χ3n) is 4.26. The van der Waals surface area contributed by atoms with Gasteiger partial charge in [-0.3, -0.25) is 0 Å². The van der Waals surface area contributed by atoms with Gasteiger partial charge in [-0.25, -0.2) is 0 Å². The summed E-state index contributed by atoms with van der Waals surface area (Å²) in [6.07, 6.45) is 8.39. The Balaban J connectivity index is 1.80. The fourth-order valence-corrected chi connectivity index (χ4v) is 2.73. The molecule has 2 saturated carbocycles. The molecule has 0 aromatic rings. The molecule has 2 heteroatoms. The highest BCUT2D eigenvalue weighted by Gasteiger charge is 2.39. The van der Waals surface area contributed by atoms with E-state index >= 15 is 0 Å². The molecule has 0 aliphatic heterocycles. The number of β-amino-alcohol motifs (C(OH)–C–C–N with tert-alkyl or cyclic N) is 1. The Morgan fingerprint density at radius 1 is 1.20 bits per heavy atom. The molecule has 0 radical (unpaired) electrons. The zero-order chi connectivity index (χ0) is 10.9. The van der Waals surface area contributed by atoms with E-state index in [0.717, 1.165) is 25.3 Å². The Morgan fingerprint density at radius 3 is 2.33 bits per heavy atom. The lowest BCUT2D eigenvalue weighted by Crippen LogP contribution is -2.51. The van der Waals surface area contributed by atoms with Gasteiger partial charge < -0.3 is 10.4 Å². The minimum Gasteiger partial charge on any atom is -0.389 e. The van der Waals surface area contributed by atoms with E-state index in [2.05, 4.69) is 19.2 Å². The Kier molecular flexibility index (Phi) is 3.09. The highest BCUT2D eigenvalue weighted by molar-refractivity contribution is 4.96. The summed E-state index contributed by atoms with van der Waals surface area (Å²) in [7, 11) is 0. The minimum atomic E-state index is -0.412. The number of rotatable bonds is 4. The van der Waals surface area contributed by atoms with Crippen LogP contribution in [0.5, 0.6) is 0 Å². The Bertz CT molecular complexity index is 215. The Morgan fingerprint density at radius 2 is 1.80 bits per heavy atom. The van der Waals surface area contributed by atoms with Gasteiger partial charge in [-0.1, -0.05) is 19.3 Å². The maximum atomic E-state index is 10.4. The largest absolute Gasteiger partial charge is 0.389 e. The monoisotopic (exact) mass is 211 g/mol. The average Bonchev–Trinajstić information content (AvgIpc) is 3.00. The lowest BCUT2D eigenvalue weighted by molar-refractivity contribution is -0.00168. The predicted molar refractivity (Wildman–Crippen MR) is 62.8 cm³/mol. The van der Waals surface area contributed by atoms with Crippen LogP contribution in [0.3, 0.4) is 0 Å². The van der Waals surface area contributed by atoms with Crippen LogP contribution in [0.25, 0.3) is 0 Å². The van der Waals surface area contributed by atoms with Crippen molar-refractivity contribution in [3.05, 3.63) is 0 Å². The topological polar surface area (TPSA) is 32.3 Å². The number of aliphatic hydroxyl groups is 1. The first-order valence-electron chi connectivity index (χ1n) is 6.49. The molecule has 2 rings (SSSR count). The second kappa shape index (κ2) is 4.06. The molecule has 0 amide bonds. The first-order chi connectivity index (χ1) is 7.02.